The molecule has 6 nitrogen and oxygen atoms in total. The number of aryl methyl sites for hydroxylation is 2. The van der Waals surface area contributed by atoms with Gasteiger partial charge < -0.3 is 5.32 Å². The molecule has 1 amide bonds. The fourth-order valence-electron chi connectivity index (χ4n) is 4.03. The molecule has 1 N–H and O–H groups in total. The molecule has 0 saturated heterocycles. The first-order valence-electron chi connectivity index (χ1n) is 11.9. The number of carbonyl (C=O) groups excluding carboxylic acids is 2. The van der Waals surface area contributed by atoms with E-state index in [0.29, 0.717) is 34.6 Å². The fraction of sp³-hybridized carbons (Fsp3) is 0.241. The van der Waals surface area contributed by atoms with E-state index in [1.807, 2.05) is 81.4 Å². The van der Waals surface area contributed by atoms with Crippen LogP contribution in [0, 0.1) is 13.8 Å². The highest BCUT2D eigenvalue weighted by molar-refractivity contribution is 8.00. The third-order valence-corrected chi connectivity index (χ3v) is 7.08. The molecule has 36 heavy (non-hydrogen) atoms. The summed E-state index contributed by atoms with van der Waals surface area (Å²) in [5.41, 5.74) is 4.85. The van der Waals surface area contributed by atoms with Gasteiger partial charge in [-0.3, -0.25) is 19.0 Å². The van der Waals surface area contributed by atoms with E-state index in [4.69, 9.17) is 4.98 Å². The van der Waals surface area contributed by atoms with Crippen LogP contribution in [0.3, 0.4) is 0 Å². The predicted molar refractivity (Wildman–Crippen MR) is 145 cm³/mol. The van der Waals surface area contributed by atoms with Crippen LogP contribution in [0.25, 0.3) is 16.6 Å². The quantitative estimate of drug-likeness (QED) is 0.209. The van der Waals surface area contributed by atoms with Gasteiger partial charge in [-0.15, -0.1) is 0 Å². The zero-order valence-corrected chi connectivity index (χ0v) is 21.7. The molecular weight excluding hydrogens is 470 g/mol. The van der Waals surface area contributed by atoms with Crippen LogP contribution in [0.2, 0.25) is 0 Å². The van der Waals surface area contributed by atoms with Crippen molar-refractivity contribution < 1.29 is 9.59 Å². The maximum absolute atomic E-state index is 13.6. The number of carbonyl (C=O) groups is 2. The number of hydrogen-bond donors (Lipinski definition) is 1. The van der Waals surface area contributed by atoms with Crippen LogP contribution in [-0.2, 0) is 11.2 Å². The monoisotopic (exact) mass is 499 g/mol. The van der Waals surface area contributed by atoms with E-state index in [1.54, 1.807) is 10.6 Å². The summed E-state index contributed by atoms with van der Waals surface area (Å²) in [6.45, 7) is 7.84. The van der Waals surface area contributed by atoms with Crippen LogP contribution in [0.5, 0.6) is 0 Å². The largest absolute Gasteiger partial charge is 0.356 e. The van der Waals surface area contributed by atoms with Crippen molar-refractivity contribution >= 4 is 34.4 Å². The lowest BCUT2D eigenvalue weighted by Gasteiger charge is -2.18. The predicted octanol–water partition coefficient (Wildman–Crippen LogP) is 5.04. The number of ketones is 1. The molecule has 0 fully saturated rings. The lowest BCUT2D eigenvalue weighted by atomic mass is 10.0. The number of aromatic nitrogens is 2. The van der Waals surface area contributed by atoms with Crippen LogP contribution < -0.4 is 10.9 Å². The van der Waals surface area contributed by atoms with Crippen molar-refractivity contribution in [2.24, 2.45) is 0 Å². The molecule has 184 valence electrons. The number of nitrogens with zero attached hydrogens (tertiary/aromatic N) is 2. The van der Waals surface area contributed by atoms with Crippen LogP contribution >= 0.6 is 11.8 Å². The number of hydrogen-bond acceptors (Lipinski definition) is 5. The van der Waals surface area contributed by atoms with E-state index >= 15 is 0 Å². The van der Waals surface area contributed by atoms with Gasteiger partial charge in [0.25, 0.3) is 5.56 Å². The summed E-state index contributed by atoms with van der Waals surface area (Å²) in [5, 5.41) is 3.34. The molecule has 0 aliphatic heterocycles. The van der Waals surface area contributed by atoms with Crippen molar-refractivity contribution in [3.63, 3.8) is 0 Å². The molecule has 1 aromatic heterocycles. The van der Waals surface area contributed by atoms with Gasteiger partial charge in [0, 0.05) is 19.0 Å². The molecule has 4 aromatic rings. The van der Waals surface area contributed by atoms with Crippen LogP contribution in [0.1, 0.15) is 40.9 Å². The van der Waals surface area contributed by atoms with Gasteiger partial charge in [0.05, 0.1) is 21.8 Å². The first-order chi connectivity index (χ1) is 17.2. The van der Waals surface area contributed by atoms with Crippen molar-refractivity contribution in [3.05, 3.63) is 99.3 Å². The first kappa shape index (κ1) is 25.4. The second kappa shape index (κ2) is 10.9. The van der Waals surface area contributed by atoms with Gasteiger partial charge in [0.2, 0.25) is 5.91 Å². The van der Waals surface area contributed by atoms with Crippen LogP contribution in [0.15, 0.2) is 76.7 Å². The Bertz CT molecular complexity index is 1490. The van der Waals surface area contributed by atoms with Crippen LogP contribution in [-0.4, -0.2) is 33.0 Å². The average molecular weight is 500 g/mol. The standard InChI is InChI=1S/C29H29N3O3S/c1-18-9-10-19(2)26(17-18)32-28(35)24-7-5-6-8-25(24)31-29(32)36-20(3)27(34)23-13-11-22(12-14-23)15-16-30-21(4)33/h5-14,17,20H,15-16H2,1-4H3,(H,30,33). The number of Topliss-reactive ketones (excluding diaryl/α,β-unsaturated/α-hetero) is 1. The lowest BCUT2D eigenvalue weighted by Crippen LogP contribution is -2.24. The molecule has 4 rings (SSSR count). The number of rotatable bonds is 8. The third-order valence-electron chi connectivity index (χ3n) is 6.03. The van der Waals surface area contributed by atoms with Crippen molar-refractivity contribution in [1.29, 1.82) is 0 Å². The van der Waals surface area contributed by atoms with E-state index in [0.717, 1.165) is 22.4 Å². The zero-order chi connectivity index (χ0) is 25.8. The molecule has 0 radical (unpaired) electrons. The summed E-state index contributed by atoms with van der Waals surface area (Å²) in [6, 6.07) is 20.7. The van der Waals surface area contributed by atoms with E-state index < -0.39 is 5.25 Å². The highest BCUT2D eigenvalue weighted by Gasteiger charge is 2.22. The third kappa shape index (κ3) is 5.57. The Kier molecular flexibility index (Phi) is 7.70. The lowest BCUT2D eigenvalue weighted by molar-refractivity contribution is -0.118. The summed E-state index contributed by atoms with van der Waals surface area (Å²) >= 11 is 1.29. The Morgan fingerprint density at radius 1 is 1.03 bits per heavy atom. The molecule has 0 bridgehead atoms. The minimum absolute atomic E-state index is 0.0386. The SMILES string of the molecule is CC(=O)NCCc1ccc(C(=O)C(C)Sc2nc3ccccc3c(=O)n2-c2cc(C)ccc2C)cc1. The molecule has 1 atom stereocenters. The maximum atomic E-state index is 13.6. The summed E-state index contributed by atoms with van der Waals surface area (Å²) in [4.78, 5) is 42.7. The number of para-hydroxylation sites is 1. The van der Waals surface area contributed by atoms with Crippen molar-refractivity contribution in [1.82, 2.24) is 14.9 Å². The van der Waals surface area contributed by atoms with E-state index in [9.17, 15) is 14.4 Å². The van der Waals surface area contributed by atoms with Gasteiger partial charge in [-0.2, -0.15) is 0 Å². The maximum Gasteiger partial charge on any atom is 0.266 e. The molecule has 1 unspecified atom stereocenters. The van der Waals surface area contributed by atoms with Gasteiger partial charge in [-0.25, -0.2) is 4.98 Å². The Balaban J connectivity index is 1.65. The minimum atomic E-state index is -0.459. The highest BCUT2D eigenvalue weighted by Crippen LogP contribution is 2.28. The summed E-state index contributed by atoms with van der Waals surface area (Å²) in [6.07, 6.45) is 0.696. The second-order valence-corrected chi connectivity index (χ2v) is 10.2. The average Bonchev–Trinajstić information content (AvgIpc) is 2.86. The van der Waals surface area contributed by atoms with Crippen LogP contribution in [0.4, 0.5) is 0 Å². The summed E-state index contributed by atoms with van der Waals surface area (Å²) in [7, 11) is 0. The number of fused-ring (bicyclic) bond motifs is 1. The molecule has 0 aliphatic carbocycles. The molecule has 0 saturated carbocycles. The normalized spacial score (nSPS) is 11.9. The topological polar surface area (TPSA) is 81.1 Å². The number of thioether (sulfide) groups is 1. The molecule has 1 heterocycles. The second-order valence-electron chi connectivity index (χ2n) is 8.90. The van der Waals surface area contributed by atoms with Crippen molar-refractivity contribution in [2.75, 3.05) is 6.54 Å². The highest BCUT2D eigenvalue weighted by atomic mass is 32.2. The van der Waals surface area contributed by atoms with E-state index in [-0.39, 0.29) is 17.2 Å². The van der Waals surface area contributed by atoms with Crippen molar-refractivity contribution in [2.45, 2.75) is 44.5 Å². The fourth-order valence-corrected chi connectivity index (χ4v) is 5.03. The summed E-state index contributed by atoms with van der Waals surface area (Å²) in [5.74, 6) is -0.0994. The zero-order valence-electron chi connectivity index (χ0n) is 20.9. The van der Waals surface area contributed by atoms with Gasteiger partial charge >= 0.3 is 0 Å². The Morgan fingerprint density at radius 3 is 2.47 bits per heavy atom. The minimum Gasteiger partial charge on any atom is -0.356 e. The molecular formula is C29H29N3O3S. The van der Waals surface area contributed by atoms with Gasteiger partial charge in [0.15, 0.2) is 10.9 Å². The Hall–Kier alpha value is -3.71. The molecule has 3 aromatic carbocycles. The molecule has 7 heteroatoms. The number of benzene rings is 3. The smallest absolute Gasteiger partial charge is 0.266 e. The molecule has 0 aliphatic rings. The van der Waals surface area contributed by atoms with Gasteiger partial charge in [-0.05, 0) is 62.1 Å². The molecule has 0 spiro atoms. The van der Waals surface area contributed by atoms with Gasteiger partial charge in [0.1, 0.15) is 0 Å². The Morgan fingerprint density at radius 2 is 1.75 bits per heavy atom. The van der Waals surface area contributed by atoms with Gasteiger partial charge in [-0.1, -0.05) is 60.3 Å². The number of nitrogens with one attached hydrogen (secondary N) is 1. The number of amides is 1. The first-order valence-corrected chi connectivity index (χ1v) is 12.8. The van der Waals surface area contributed by atoms with E-state index in [1.165, 1.54) is 18.7 Å². The Labute approximate surface area is 214 Å². The van der Waals surface area contributed by atoms with Crippen molar-refractivity contribution in [3.8, 4) is 5.69 Å². The van der Waals surface area contributed by atoms with E-state index in [2.05, 4.69) is 5.32 Å². The summed E-state index contributed by atoms with van der Waals surface area (Å²) < 4.78 is 1.63.